The summed E-state index contributed by atoms with van der Waals surface area (Å²) in [4.78, 5) is 28.1. The van der Waals surface area contributed by atoms with Crippen LogP contribution >= 0.6 is 22.9 Å². The fourth-order valence-electron chi connectivity index (χ4n) is 3.11. The van der Waals surface area contributed by atoms with Crippen molar-refractivity contribution in [2.75, 3.05) is 5.32 Å². The Hall–Kier alpha value is -3.29. The molecule has 0 saturated heterocycles. The first-order chi connectivity index (χ1) is 15.0. The molecule has 0 radical (unpaired) electrons. The summed E-state index contributed by atoms with van der Waals surface area (Å²) in [6.07, 6.45) is 3.15. The molecule has 1 N–H and O–H groups in total. The van der Waals surface area contributed by atoms with E-state index in [4.69, 9.17) is 20.4 Å². The maximum Gasteiger partial charge on any atom is 0.265 e. The maximum atomic E-state index is 13.4. The van der Waals surface area contributed by atoms with Crippen LogP contribution in [0.3, 0.4) is 0 Å². The summed E-state index contributed by atoms with van der Waals surface area (Å²) < 4.78 is 10.9. The lowest BCUT2D eigenvalue weighted by Gasteiger charge is -2.20. The maximum absolute atomic E-state index is 13.4. The van der Waals surface area contributed by atoms with Gasteiger partial charge in [-0.3, -0.25) is 9.59 Å². The SMILES string of the molecule is Cc1cc(NC(=O)c2ccccc2Cl)sc1C(=O)N(Cc1ccco1)Cc1ccco1. The average molecular weight is 455 g/mol. The third-order valence-corrected chi connectivity index (χ3v) is 6.08. The fraction of sp³-hybridized carbons (Fsp3) is 0.130. The molecule has 0 spiro atoms. The summed E-state index contributed by atoms with van der Waals surface area (Å²) in [6.45, 7) is 2.43. The first-order valence-corrected chi connectivity index (χ1v) is 10.7. The molecule has 6 nitrogen and oxygen atoms in total. The van der Waals surface area contributed by atoms with E-state index in [9.17, 15) is 9.59 Å². The quantitative estimate of drug-likeness (QED) is 0.372. The third kappa shape index (κ3) is 4.90. The summed E-state index contributed by atoms with van der Waals surface area (Å²) in [5.41, 5.74) is 1.15. The molecule has 4 rings (SSSR count). The molecule has 0 saturated carbocycles. The summed E-state index contributed by atoms with van der Waals surface area (Å²) >= 11 is 7.34. The second-order valence-electron chi connectivity index (χ2n) is 6.88. The van der Waals surface area contributed by atoms with Gasteiger partial charge in [-0.2, -0.15) is 0 Å². The summed E-state index contributed by atoms with van der Waals surface area (Å²) in [6, 6.07) is 15.8. The molecule has 3 heterocycles. The van der Waals surface area contributed by atoms with E-state index in [1.807, 2.05) is 19.1 Å². The smallest absolute Gasteiger partial charge is 0.265 e. The highest BCUT2D eigenvalue weighted by molar-refractivity contribution is 7.18. The second kappa shape index (κ2) is 9.24. The molecule has 31 heavy (non-hydrogen) atoms. The number of anilines is 1. The van der Waals surface area contributed by atoms with Gasteiger partial charge in [0.2, 0.25) is 0 Å². The van der Waals surface area contributed by atoms with Crippen molar-refractivity contribution in [1.82, 2.24) is 4.90 Å². The molecule has 3 aromatic heterocycles. The fourth-order valence-corrected chi connectivity index (χ4v) is 4.36. The lowest BCUT2D eigenvalue weighted by molar-refractivity contribution is 0.0709. The van der Waals surface area contributed by atoms with Crippen LogP contribution in [-0.2, 0) is 13.1 Å². The molecule has 2 amide bonds. The number of aryl methyl sites for hydroxylation is 1. The zero-order valence-electron chi connectivity index (χ0n) is 16.6. The van der Waals surface area contributed by atoms with Crippen LogP contribution in [0, 0.1) is 6.92 Å². The molecular formula is C23H19ClN2O4S. The Labute approximate surface area is 188 Å². The minimum atomic E-state index is -0.325. The van der Waals surface area contributed by atoms with E-state index in [1.54, 1.807) is 59.9 Å². The van der Waals surface area contributed by atoms with Gasteiger partial charge in [-0.15, -0.1) is 11.3 Å². The molecule has 0 fully saturated rings. The number of benzene rings is 1. The second-order valence-corrected chi connectivity index (χ2v) is 8.34. The first-order valence-electron chi connectivity index (χ1n) is 9.51. The van der Waals surface area contributed by atoms with Gasteiger partial charge in [0.1, 0.15) is 11.5 Å². The van der Waals surface area contributed by atoms with Gasteiger partial charge in [0.05, 0.1) is 46.1 Å². The largest absolute Gasteiger partial charge is 0.467 e. The molecule has 1 aromatic carbocycles. The molecule has 0 atom stereocenters. The van der Waals surface area contributed by atoms with E-state index in [-0.39, 0.29) is 11.8 Å². The topological polar surface area (TPSA) is 75.7 Å². The Morgan fingerprint density at radius 1 is 1.00 bits per heavy atom. The summed E-state index contributed by atoms with van der Waals surface area (Å²) in [5, 5.41) is 3.77. The minimum Gasteiger partial charge on any atom is -0.467 e. The average Bonchev–Trinajstić information content (AvgIpc) is 3.50. The third-order valence-electron chi connectivity index (χ3n) is 4.61. The Kier molecular flexibility index (Phi) is 6.25. The molecule has 8 heteroatoms. The number of nitrogens with zero attached hydrogens (tertiary/aromatic N) is 1. The number of rotatable bonds is 7. The normalized spacial score (nSPS) is 10.8. The van der Waals surface area contributed by atoms with Crippen LogP contribution in [0.15, 0.2) is 76.0 Å². The number of hydrogen-bond acceptors (Lipinski definition) is 5. The van der Waals surface area contributed by atoms with E-state index < -0.39 is 0 Å². The number of thiophene rings is 1. The molecule has 0 aliphatic rings. The van der Waals surface area contributed by atoms with E-state index >= 15 is 0 Å². The van der Waals surface area contributed by atoms with Gasteiger partial charge in [0, 0.05) is 0 Å². The Morgan fingerprint density at radius 2 is 1.65 bits per heavy atom. The Bertz CT molecular complexity index is 1150. The molecule has 0 aliphatic carbocycles. The van der Waals surface area contributed by atoms with Crippen molar-refractivity contribution in [1.29, 1.82) is 0 Å². The van der Waals surface area contributed by atoms with E-state index in [0.717, 1.165) is 5.56 Å². The summed E-state index contributed by atoms with van der Waals surface area (Å²) in [5.74, 6) is 0.838. The van der Waals surface area contributed by atoms with E-state index in [2.05, 4.69) is 5.32 Å². The number of furan rings is 2. The summed E-state index contributed by atoms with van der Waals surface area (Å²) in [7, 11) is 0. The standard InChI is InChI=1S/C23H19ClN2O4S/c1-15-12-20(25-22(27)18-8-2-3-9-19(18)24)31-21(15)23(28)26(13-16-6-4-10-29-16)14-17-7-5-11-30-17/h2-12H,13-14H2,1H3,(H,25,27). The van der Waals surface area contributed by atoms with Gasteiger partial charge >= 0.3 is 0 Å². The zero-order valence-corrected chi connectivity index (χ0v) is 18.2. The number of carbonyl (C=O) groups excluding carboxylic acids is 2. The van der Waals surface area contributed by atoms with Crippen molar-refractivity contribution in [3.8, 4) is 0 Å². The highest BCUT2D eigenvalue weighted by Crippen LogP contribution is 2.30. The monoisotopic (exact) mass is 454 g/mol. The Morgan fingerprint density at radius 3 is 2.23 bits per heavy atom. The van der Waals surface area contributed by atoms with E-state index in [1.165, 1.54) is 11.3 Å². The lowest BCUT2D eigenvalue weighted by Crippen LogP contribution is -2.29. The van der Waals surface area contributed by atoms with Crippen molar-refractivity contribution in [3.63, 3.8) is 0 Å². The van der Waals surface area contributed by atoms with Crippen molar-refractivity contribution in [3.05, 3.63) is 99.7 Å². The van der Waals surface area contributed by atoms with E-state index in [0.29, 0.717) is 45.1 Å². The van der Waals surface area contributed by atoms with Crippen LogP contribution in [0.5, 0.6) is 0 Å². The molecule has 0 aliphatic heterocycles. The van der Waals surface area contributed by atoms with Crippen molar-refractivity contribution in [2.45, 2.75) is 20.0 Å². The van der Waals surface area contributed by atoms with Gasteiger partial charge in [-0.05, 0) is 55.0 Å². The van der Waals surface area contributed by atoms with Gasteiger partial charge in [-0.25, -0.2) is 0 Å². The van der Waals surface area contributed by atoms with Crippen LogP contribution in [-0.4, -0.2) is 16.7 Å². The van der Waals surface area contributed by atoms with Crippen LogP contribution in [0.4, 0.5) is 5.00 Å². The predicted molar refractivity (Wildman–Crippen MR) is 119 cm³/mol. The first kappa shape index (κ1) is 21.0. The predicted octanol–water partition coefficient (Wildman–Crippen LogP) is 5.99. The van der Waals surface area contributed by atoms with Gasteiger partial charge < -0.3 is 19.1 Å². The van der Waals surface area contributed by atoms with Crippen molar-refractivity contribution in [2.24, 2.45) is 0 Å². The molecule has 0 bridgehead atoms. The molecular weight excluding hydrogens is 436 g/mol. The number of halogens is 1. The zero-order chi connectivity index (χ0) is 21.8. The minimum absolute atomic E-state index is 0.173. The van der Waals surface area contributed by atoms with Crippen LogP contribution in [0.1, 0.15) is 37.1 Å². The highest BCUT2D eigenvalue weighted by atomic mass is 35.5. The van der Waals surface area contributed by atoms with Gasteiger partial charge in [-0.1, -0.05) is 23.7 Å². The van der Waals surface area contributed by atoms with Gasteiger partial charge in [0.25, 0.3) is 11.8 Å². The number of nitrogens with one attached hydrogen (secondary N) is 1. The van der Waals surface area contributed by atoms with Crippen molar-refractivity contribution >= 4 is 39.8 Å². The van der Waals surface area contributed by atoms with Crippen molar-refractivity contribution < 1.29 is 18.4 Å². The van der Waals surface area contributed by atoms with Crippen LogP contribution < -0.4 is 5.32 Å². The Balaban J connectivity index is 1.55. The lowest BCUT2D eigenvalue weighted by atomic mass is 10.2. The highest BCUT2D eigenvalue weighted by Gasteiger charge is 2.23. The van der Waals surface area contributed by atoms with Crippen LogP contribution in [0.2, 0.25) is 5.02 Å². The molecule has 4 aromatic rings. The van der Waals surface area contributed by atoms with Crippen LogP contribution in [0.25, 0.3) is 0 Å². The van der Waals surface area contributed by atoms with Gasteiger partial charge in [0.15, 0.2) is 0 Å². The number of carbonyl (C=O) groups is 2. The molecule has 0 unspecified atom stereocenters. The number of hydrogen-bond donors (Lipinski definition) is 1. The number of amides is 2. The molecule has 158 valence electrons.